The first-order valence-electron chi connectivity index (χ1n) is 8.15. The monoisotopic (exact) mass is 334 g/mol. The molecule has 1 aromatic rings. The molecule has 0 amide bonds. The zero-order valence-electron chi connectivity index (χ0n) is 15.6. The van der Waals surface area contributed by atoms with Gasteiger partial charge in [0, 0.05) is 0 Å². The molecule has 0 aliphatic carbocycles. The molecule has 1 aromatic carbocycles. The molecule has 0 radical (unpaired) electrons. The fraction of sp³-hybridized carbons (Fsp3) is 0.611. The predicted octanol–water partition coefficient (Wildman–Crippen LogP) is 2.56. The van der Waals surface area contributed by atoms with E-state index in [-0.39, 0.29) is 23.8 Å². The maximum atomic E-state index is 11.7. The molecule has 1 saturated heterocycles. The van der Waals surface area contributed by atoms with Crippen LogP contribution in [0.1, 0.15) is 41.5 Å². The molecule has 1 aliphatic rings. The van der Waals surface area contributed by atoms with Gasteiger partial charge in [-0.1, -0.05) is 12.1 Å². The van der Waals surface area contributed by atoms with Crippen LogP contribution in [0.25, 0.3) is 0 Å². The summed E-state index contributed by atoms with van der Waals surface area (Å²) in [5, 5.41) is 0. The van der Waals surface area contributed by atoms with Crippen molar-refractivity contribution in [2.45, 2.75) is 52.7 Å². The molecule has 132 valence electrons. The van der Waals surface area contributed by atoms with Gasteiger partial charge in [0.05, 0.1) is 23.7 Å². The van der Waals surface area contributed by atoms with Crippen molar-refractivity contribution in [3.63, 3.8) is 0 Å². The van der Waals surface area contributed by atoms with E-state index >= 15 is 0 Å². The quantitative estimate of drug-likeness (QED) is 0.612. The second kappa shape index (κ2) is 6.41. The highest BCUT2D eigenvalue weighted by molar-refractivity contribution is 6.62. The molecule has 0 bridgehead atoms. The lowest BCUT2D eigenvalue weighted by molar-refractivity contribution is -0.152. The Kier molecular flexibility index (Phi) is 5.02. The summed E-state index contributed by atoms with van der Waals surface area (Å²) in [4.78, 5) is 11.7. The van der Waals surface area contributed by atoms with Gasteiger partial charge in [-0.05, 0) is 59.1 Å². The molecule has 0 N–H and O–H groups in total. The van der Waals surface area contributed by atoms with E-state index in [1.807, 2.05) is 52.0 Å². The number of hydrogen-bond donors (Lipinski definition) is 0. The third kappa shape index (κ3) is 3.76. The summed E-state index contributed by atoms with van der Waals surface area (Å²) in [5.41, 5.74) is -0.485. The SMILES string of the molecule is COC(=O)C(C)(C)COc1ccc(B2OC(C)(C)C(C)(C)O2)cc1. The molecular formula is C18H27BO5. The number of esters is 1. The molecule has 1 aliphatic heterocycles. The molecule has 0 saturated carbocycles. The van der Waals surface area contributed by atoms with E-state index in [4.69, 9.17) is 18.8 Å². The van der Waals surface area contributed by atoms with Crippen molar-refractivity contribution in [3.8, 4) is 5.75 Å². The summed E-state index contributed by atoms with van der Waals surface area (Å²) in [6, 6.07) is 7.55. The van der Waals surface area contributed by atoms with Gasteiger partial charge < -0.3 is 18.8 Å². The Hall–Kier alpha value is -1.53. The topological polar surface area (TPSA) is 54.0 Å². The van der Waals surface area contributed by atoms with E-state index in [1.165, 1.54) is 7.11 Å². The summed E-state index contributed by atoms with van der Waals surface area (Å²) in [5.74, 6) is 0.392. The predicted molar refractivity (Wildman–Crippen MR) is 93.5 cm³/mol. The lowest BCUT2D eigenvalue weighted by Gasteiger charge is -2.32. The van der Waals surface area contributed by atoms with Crippen LogP contribution in [0, 0.1) is 5.41 Å². The van der Waals surface area contributed by atoms with Crippen molar-refractivity contribution in [2.24, 2.45) is 5.41 Å². The van der Waals surface area contributed by atoms with Crippen LogP contribution >= 0.6 is 0 Å². The summed E-state index contributed by atoms with van der Waals surface area (Å²) in [6.07, 6.45) is 0. The van der Waals surface area contributed by atoms with Gasteiger partial charge in [-0.15, -0.1) is 0 Å². The number of ether oxygens (including phenoxy) is 2. The standard InChI is InChI=1S/C18H27BO5/c1-16(2,15(20)21-7)12-22-14-10-8-13(9-11-14)19-23-17(3,4)18(5,6)24-19/h8-11H,12H2,1-7H3. The summed E-state index contributed by atoms with van der Waals surface area (Å²) in [7, 11) is 0.985. The van der Waals surface area contributed by atoms with Crippen LogP contribution in [0.2, 0.25) is 0 Å². The Morgan fingerprint density at radius 2 is 1.58 bits per heavy atom. The normalized spacial score (nSPS) is 19.2. The molecule has 0 atom stereocenters. The first-order chi connectivity index (χ1) is 11.0. The van der Waals surface area contributed by atoms with Crippen molar-refractivity contribution in [2.75, 3.05) is 13.7 Å². The van der Waals surface area contributed by atoms with Crippen LogP contribution in [0.4, 0.5) is 0 Å². The van der Waals surface area contributed by atoms with Crippen molar-refractivity contribution >= 4 is 18.6 Å². The Labute approximate surface area is 144 Å². The van der Waals surface area contributed by atoms with Crippen LogP contribution in [0.5, 0.6) is 5.75 Å². The zero-order chi connectivity index (χ0) is 18.2. The third-order valence-corrected chi connectivity index (χ3v) is 4.74. The zero-order valence-corrected chi connectivity index (χ0v) is 15.6. The lowest BCUT2D eigenvalue weighted by Crippen LogP contribution is -2.41. The highest BCUT2D eigenvalue weighted by atomic mass is 16.7. The second-order valence-electron chi connectivity index (χ2n) is 7.82. The average Bonchev–Trinajstić information content (AvgIpc) is 2.73. The van der Waals surface area contributed by atoms with Gasteiger partial charge in [-0.2, -0.15) is 0 Å². The van der Waals surface area contributed by atoms with Crippen LogP contribution < -0.4 is 10.2 Å². The van der Waals surface area contributed by atoms with E-state index in [0.29, 0.717) is 5.75 Å². The number of carbonyl (C=O) groups is 1. The van der Waals surface area contributed by atoms with Crippen molar-refractivity contribution in [1.29, 1.82) is 0 Å². The minimum Gasteiger partial charge on any atom is -0.492 e. The van der Waals surface area contributed by atoms with Gasteiger partial charge in [-0.3, -0.25) is 4.79 Å². The van der Waals surface area contributed by atoms with Crippen LogP contribution in [0.3, 0.4) is 0 Å². The molecule has 6 heteroatoms. The Balaban J connectivity index is 2.01. The average molecular weight is 334 g/mol. The molecule has 0 spiro atoms. The maximum absolute atomic E-state index is 11.7. The Bertz CT molecular complexity index is 576. The van der Waals surface area contributed by atoms with Gasteiger partial charge in [-0.25, -0.2) is 0 Å². The van der Waals surface area contributed by atoms with E-state index in [0.717, 1.165) is 5.46 Å². The Morgan fingerprint density at radius 1 is 1.08 bits per heavy atom. The number of rotatable bonds is 5. The Morgan fingerprint density at radius 3 is 2.04 bits per heavy atom. The van der Waals surface area contributed by atoms with Crippen LogP contribution in [-0.4, -0.2) is 38.0 Å². The second-order valence-corrected chi connectivity index (χ2v) is 7.82. The molecule has 24 heavy (non-hydrogen) atoms. The van der Waals surface area contributed by atoms with Crippen molar-refractivity contribution in [1.82, 2.24) is 0 Å². The van der Waals surface area contributed by atoms with Crippen molar-refractivity contribution in [3.05, 3.63) is 24.3 Å². The highest BCUT2D eigenvalue weighted by Crippen LogP contribution is 2.36. The van der Waals surface area contributed by atoms with Crippen LogP contribution in [0.15, 0.2) is 24.3 Å². The maximum Gasteiger partial charge on any atom is 0.494 e. The summed E-state index contributed by atoms with van der Waals surface area (Å²) in [6.45, 7) is 11.9. The highest BCUT2D eigenvalue weighted by Gasteiger charge is 2.51. The summed E-state index contributed by atoms with van der Waals surface area (Å²) < 4.78 is 22.5. The van der Waals surface area contributed by atoms with E-state index < -0.39 is 12.5 Å². The first-order valence-corrected chi connectivity index (χ1v) is 8.15. The molecule has 5 nitrogen and oxygen atoms in total. The van der Waals surface area contributed by atoms with Gasteiger partial charge in [0.2, 0.25) is 0 Å². The fourth-order valence-electron chi connectivity index (χ4n) is 2.30. The smallest absolute Gasteiger partial charge is 0.492 e. The van der Waals surface area contributed by atoms with Crippen molar-refractivity contribution < 1.29 is 23.6 Å². The molecule has 0 aromatic heterocycles. The first kappa shape index (κ1) is 18.8. The van der Waals surface area contributed by atoms with Gasteiger partial charge in [0.1, 0.15) is 12.4 Å². The molecule has 2 rings (SSSR count). The fourth-order valence-corrected chi connectivity index (χ4v) is 2.30. The molecule has 1 fully saturated rings. The van der Waals surface area contributed by atoms with Gasteiger partial charge >= 0.3 is 13.1 Å². The minimum atomic E-state index is -0.695. The number of hydrogen-bond acceptors (Lipinski definition) is 5. The van der Waals surface area contributed by atoms with E-state index in [9.17, 15) is 4.79 Å². The van der Waals surface area contributed by atoms with E-state index in [2.05, 4.69) is 0 Å². The number of carbonyl (C=O) groups excluding carboxylic acids is 1. The summed E-state index contributed by atoms with van der Waals surface area (Å²) >= 11 is 0. The number of methoxy groups -OCH3 is 1. The largest absolute Gasteiger partial charge is 0.494 e. The van der Waals surface area contributed by atoms with Crippen LogP contribution in [-0.2, 0) is 18.8 Å². The lowest BCUT2D eigenvalue weighted by atomic mass is 9.79. The molecular weight excluding hydrogens is 307 g/mol. The number of benzene rings is 1. The van der Waals surface area contributed by atoms with Gasteiger partial charge in [0.15, 0.2) is 0 Å². The third-order valence-electron chi connectivity index (χ3n) is 4.74. The minimum absolute atomic E-state index is 0.246. The van der Waals surface area contributed by atoms with Gasteiger partial charge in [0.25, 0.3) is 0 Å². The van der Waals surface area contributed by atoms with E-state index in [1.54, 1.807) is 13.8 Å². The molecule has 1 heterocycles. The molecule has 0 unspecified atom stereocenters.